The minimum atomic E-state index is -3.18. The first-order valence-electron chi connectivity index (χ1n) is 7.99. The van der Waals surface area contributed by atoms with Crippen LogP contribution >= 0.6 is 0 Å². The summed E-state index contributed by atoms with van der Waals surface area (Å²) in [6.45, 7) is 3.62. The van der Waals surface area contributed by atoms with Crippen LogP contribution in [-0.4, -0.2) is 37.8 Å². The minimum Gasteiger partial charge on any atom is -0.346 e. The fraction of sp³-hybridized carbons (Fsp3) is 0.529. The molecule has 2 aliphatic rings. The highest BCUT2D eigenvalue weighted by Gasteiger charge is 2.42. The molecule has 1 aromatic carbocycles. The van der Waals surface area contributed by atoms with Crippen molar-refractivity contribution in [3.05, 3.63) is 29.3 Å². The van der Waals surface area contributed by atoms with Gasteiger partial charge in [-0.2, -0.15) is 0 Å². The molecule has 1 aliphatic heterocycles. The number of carbonyl (C=O) groups is 2. The number of nitrogens with one attached hydrogen (secondary N) is 2. The fourth-order valence-corrected chi connectivity index (χ4v) is 4.80. The first kappa shape index (κ1) is 17.0. The normalized spacial score (nSPS) is 20.7. The topological polar surface area (TPSA) is 92.3 Å². The summed E-state index contributed by atoms with van der Waals surface area (Å²) >= 11 is 0. The molecule has 130 valence electrons. The summed E-state index contributed by atoms with van der Waals surface area (Å²) in [6.07, 6.45) is 3.43. The Hall–Kier alpha value is -1.89. The van der Waals surface area contributed by atoms with Gasteiger partial charge >= 0.3 is 0 Å². The molecule has 0 spiro atoms. The van der Waals surface area contributed by atoms with E-state index in [1.54, 1.807) is 18.2 Å². The van der Waals surface area contributed by atoms with Crippen molar-refractivity contribution in [2.45, 2.75) is 44.1 Å². The second kappa shape index (κ2) is 5.31. The first-order valence-corrected chi connectivity index (χ1v) is 10.0. The second-order valence-corrected chi connectivity index (χ2v) is 9.64. The van der Waals surface area contributed by atoms with Crippen molar-refractivity contribution in [1.82, 2.24) is 5.32 Å². The van der Waals surface area contributed by atoms with E-state index in [4.69, 9.17) is 0 Å². The Kier molecular flexibility index (Phi) is 3.75. The highest BCUT2D eigenvalue weighted by molar-refractivity contribution is 7.90. The molecular weight excluding hydrogens is 328 g/mol. The SMILES string of the molecule is CC1(C)C(=O)Nc2ccc(C(=O)NC3(CS(C)(=O)=O)CCC3)cc21. The molecule has 1 aromatic rings. The van der Waals surface area contributed by atoms with Crippen molar-refractivity contribution in [3.8, 4) is 0 Å². The lowest BCUT2D eigenvalue weighted by Crippen LogP contribution is -2.57. The molecule has 2 amide bonds. The van der Waals surface area contributed by atoms with Gasteiger partial charge in [-0.05, 0) is 56.9 Å². The number of amides is 2. The third-order valence-electron chi connectivity index (χ3n) is 5.00. The molecule has 0 unspecified atom stereocenters. The lowest BCUT2D eigenvalue weighted by atomic mass is 9.78. The number of hydrogen-bond donors (Lipinski definition) is 2. The summed E-state index contributed by atoms with van der Waals surface area (Å²) in [5.41, 5.74) is 0.597. The zero-order valence-corrected chi connectivity index (χ0v) is 14.9. The van der Waals surface area contributed by atoms with E-state index in [2.05, 4.69) is 10.6 Å². The van der Waals surface area contributed by atoms with Gasteiger partial charge in [0.15, 0.2) is 0 Å². The Balaban J connectivity index is 1.84. The number of hydrogen-bond acceptors (Lipinski definition) is 4. The standard InChI is InChI=1S/C17H22N2O4S/c1-16(2)12-9-11(5-6-13(12)18-15(16)21)14(20)19-17(7-4-8-17)10-24(3,22)23/h5-6,9H,4,7-8,10H2,1-3H3,(H,18,21)(H,19,20). The predicted octanol–water partition coefficient (Wildman–Crippen LogP) is 1.61. The lowest BCUT2D eigenvalue weighted by Gasteiger charge is -2.42. The maximum absolute atomic E-state index is 12.6. The van der Waals surface area contributed by atoms with E-state index in [-0.39, 0.29) is 17.6 Å². The zero-order valence-electron chi connectivity index (χ0n) is 14.1. The molecule has 3 rings (SSSR count). The number of sulfone groups is 1. The van der Waals surface area contributed by atoms with Gasteiger partial charge in [-0.1, -0.05) is 0 Å². The van der Waals surface area contributed by atoms with Crippen molar-refractivity contribution in [2.24, 2.45) is 0 Å². The summed E-state index contributed by atoms with van der Waals surface area (Å²) in [5, 5.41) is 5.71. The van der Waals surface area contributed by atoms with Crippen LogP contribution in [0.2, 0.25) is 0 Å². The van der Waals surface area contributed by atoms with Gasteiger partial charge in [-0.25, -0.2) is 8.42 Å². The van der Waals surface area contributed by atoms with E-state index in [0.717, 1.165) is 17.7 Å². The van der Waals surface area contributed by atoms with Gasteiger partial charge in [0.1, 0.15) is 9.84 Å². The van der Waals surface area contributed by atoms with Crippen LogP contribution in [0.25, 0.3) is 0 Å². The summed E-state index contributed by atoms with van der Waals surface area (Å²) in [4.78, 5) is 24.6. The first-order chi connectivity index (χ1) is 11.0. The van der Waals surface area contributed by atoms with E-state index in [1.165, 1.54) is 6.26 Å². The van der Waals surface area contributed by atoms with Gasteiger partial charge in [0.2, 0.25) is 5.91 Å². The van der Waals surface area contributed by atoms with Crippen molar-refractivity contribution < 1.29 is 18.0 Å². The van der Waals surface area contributed by atoms with Crippen LogP contribution in [0.1, 0.15) is 49.0 Å². The van der Waals surface area contributed by atoms with Gasteiger partial charge in [0.05, 0.1) is 16.7 Å². The van der Waals surface area contributed by atoms with Gasteiger partial charge in [0.25, 0.3) is 5.91 Å². The van der Waals surface area contributed by atoms with Crippen LogP contribution in [0.5, 0.6) is 0 Å². The van der Waals surface area contributed by atoms with Gasteiger partial charge in [-0.3, -0.25) is 9.59 Å². The molecule has 1 aliphatic carbocycles. The molecule has 1 heterocycles. The fourth-order valence-electron chi connectivity index (χ4n) is 3.44. The number of anilines is 1. The Bertz CT molecular complexity index is 823. The van der Waals surface area contributed by atoms with Crippen LogP contribution in [0.4, 0.5) is 5.69 Å². The predicted molar refractivity (Wildman–Crippen MR) is 91.9 cm³/mol. The third-order valence-corrected chi connectivity index (χ3v) is 6.08. The van der Waals surface area contributed by atoms with Crippen molar-refractivity contribution in [3.63, 3.8) is 0 Å². The molecule has 2 N–H and O–H groups in total. The van der Waals surface area contributed by atoms with E-state index in [1.807, 2.05) is 13.8 Å². The van der Waals surface area contributed by atoms with Crippen molar-refractivity contribution >= 4 is 27.3 Å². The molecule has 0 saturated heterocycles. The second-order valence-electron chi connectivity index (χ2n) is 7.50. The van der Waals surface area contributed by atoms with Crippen LogP contribution in [0.3, 0.4) is 0 Å². The Labute approximate surface area is 141 Å². The molecular formula is C17H22N2O4S. The highest BCUT2D eigenvalue weighted by Crippen LogP contribution is 2.38. The van der Waals surface area contributed by atoms with Gasteiger partial charge in [0, 0.05) is 17.5 Å². The maximum Gasteiger partial charge on any atom is 0.251 e. The van der Waals surface area contributed by atoms with Crippen molar-refractivity contribution in [1.29, 1.82) is 0 Å². The van der Waals surface area contributed by atoms with Crippen LogP contribution in [-0.2, 0) is 20.0 Å². The largest absolute Gasteiger partial charge is 0.346 e. The average molecular weight is 350 g/mol. The molecule has 7 heteroatoms. The number of fused-ring (bicyclic) bond motifs is 1. The number of benzene rings is 1. The van der Waals surface area contributed by atoms with E-state index in [0.29, 0.717) is 18.4 Å². The molecule has 0 atom stereocenters. The monoisotopic (exact) mass is 350 g/mol. The molecule has 0 bridgehead atoms. The Morgan fingerprint density at radius 2 is 1.96 bits per heavy atom. The average Bonchev–Trinajstić information content (AvgIpc) is 2.65. The highest BCUT2D eigenvalue weighted by atomic mass is 32.2. The Morgan fingerprint density at radius 3 is 2.50 bits per heavy atom. The number of rotatable bonds is 4. The van der Waals surface area contributed by atoms with E-state index < -0.39 is 20.8 Å². The zero-order chi connectivity index (χ0) is 17.8. The molecule has 0 radical (unpaired) electrons. The summed E-state index contributed by atoms with van der Waals surface area (Å²) in [5.74, 6) is -0.429. The van der Waals surface area contributed by atoms with E-state index in [9.17, 15) is 18.0 Å². The van der Waals surface area contributed by atoms with Gasteiger partial charge < -0.3 is 10.6 Å². The molecule has 1 fully saturated rings. The summed E-state index contributed by atoms with van der Waals surface area (Å²) < 4.78 is 23.3. The van der Waals surface area contributed by atoms with Crippen LogP contribution in [0.15, 0.2) is 18.2 Å². The smallest absolute Gasteiger partial charge is 0.251 e. The van der Waals surface area contributed by atoms with E-state index >= 15 is 0 Å². The molecule has 1 saturated carbocycles. The summed E-state index contributed by atoms with van der Waals surface area (Å²) in [6, 6.07) is 5.10. The quantitative estimate of drug-likeness (QED) is 0.863. The summed E-state index contributed by atoms with van der Waals surface area (Å²) in [7, 11) is -3.18. The van der Waals surface area contributed by atoms with Crippen LogP contribution in [0, 0.1) is 0 Å². The van der Waals surface area contributed by atoms with Crippen molar-refractivity contribution in [2.75, 3.05) is 17.3 Å². The molecule has 0 aromatic heterocycles. The lowest BCUT2D eigenvalue weighted by molar-refractivity contribution is -0.119. The molecule has 6 nitrogen and oxygen atoms in total. The maximum atomic E-state index is 12.6. The molecule has 24 heavy (non-hydrogen) atoms. The minimum absolute atomic E-state index is 0.0395. The van der Waals surface area contributed by atoms with Crippen LogP contribution < -0.4 is 10.6 Å². The Morgan fingerprint density at radius 1 is 1.29 bits per heavy atom. The van der Waals surface area contributed by atoms with Gasteiger partial charge in [-0.15, -0.1) is 0 Å². The third kappa shape index (κ3) is 2.92. The number of carbonyl (C=O) groups excluding carboxylic acids is 2.